The van der Waals surface area contributed by atoms with Crippen LogP contribution in [-0.4, -0.2) is 46.5 Å². The van der Waals surface area contributed by atoms with Crippen molar-refractivity contribution in [2.24, 2.45) is 0 Å². The van der Waals surface area contributed by atoms with Gasteiger partial charge in [-0.05, 0) is 23.6 Å². The maximum absolute atomic E-state index is 12.6. The SMILES string of the molecule is O=C(CCn1cnc2sccc2c1=O)N1CCN(c2ccccc2Cl)CC1. The first-order chi connectivity index (χ1) is 13.1. The molecule has 8 heteroatoms. The van der Waals surface area contributed by atoms with Gasteiger partial charge in [0.1, 0.15) is 4.83 Å². The molecule has 140 valence electrons. The van der Waals surface area contributed by atoms with Crippen molar-refractivity contribution < 1.29 is 4.79 Å². The lowest BCUT2D eigenvalue weighted by molar-refractivity contribution is -0.131. The number of fused-ring (bicyclic) bond motifs is 1. The lowest BCUT2D eigenvalue weighted by atomic mass is 10.2. The maximum atomic E-state index is 12.6. The molecule has 27 heavy (non-hydrogen) atoms. The Morgan fingerprint density at radius 1 is 1.15 bits per heavy atom. The van der Waals surface area contributed by atoms with E-state index < -0.39 is 0 Å². The normalized spacial score (nSPS) is 14.7. The zero-order valence-electron chi connectivity index (χ0n) is 14.7. The van der Waals surface area contributed by atoms with Crippen molar-refractivity contribution in [1.29, 1.82) is 0 Å². The van der Waals surface area contributed by atoms with E-state index >= 15 is 0 Å². The van der Waals surface area contributed by atoms with Crippen LogP contribution >= 0.6 is 22.9 Å². The molecule has 1 aliphatic heterocycles. The lowest BCUT2D eigenvalue weighted by Gasteiger charge is -2.36. The van der Waals surface area contributed by atoms with Crippen LogP contribution in [-0.2, 0) is 11.3 Å². The summed E-state index contributed by atoms with van der Waals surface area (Å²) in [6.45, 7) is 3.15. The van der Waals surface area contributed by atoms with E-state index in [1.54, 1.807) is 6.07 Å². The number of piperazine rings is 1. The van der Waals surface area contributed by atoms with Gasteiger partial charge in [-0.15, -0.1) is 11.3 Å². The summed E-state index contributed by atoms with van der Waals surface area (Å²) >= 11 is 7.71. The van der Waals surface area contributed by atoms with E-state index in [2.05, 4.69) is 9.88 Å². The summed E-state index contributed by atoms with van der Waals surface area (Å²) in [5.41, 5.74) is 0.922. The smallest absolute Gasteiger partial charge is 0.262 e. The Morgan fingerprint density at radius 3 is 2.70 bits per heavy atom. The Kier molecular flexibility index (Phi) is 5.13. The molecule has 1 aliphatic rings. The first kappa shape index (κ1) is 18.0. The Labute approximate surface area is 165 Å². The van der Waals surface area contributed by atoms with Gasteiger partial charge in [0.15, 0.2) is 0 Å². The molecule has 0 N–H and O–H groups in total. The number of nitrogens with zero attached hydrogens (tertiary/aromatic N) is 4. The standard InChI is InChI=1S/C19H19ClN4O2S/c20-15-3-1-2-4-16(15)22-8-10-23(11-9-22)17(25)5-7-24-13-21-18-14(19(24)26)6-12-27-18/h1-4,6,12-13H,5,7-11H2. The third-order valence-electron chi connectivity index (χ3n) is 4.84. The molecule has 3 heterocycles. The summed E-state index contributed by atoms with van der Waals surface area (Å²) in [6.07, 6.45) is 1.83. The summed E-state index contributed by atoms with van der Waals surface area (Å²) in [5, 5.41) is 3.20. The molecule has 1 amide bonds. The molecular weight excluding hydrogens is 384 g/mol. The van der Waals surface area contributed by atoms with Crippen LogP contribution in [0, 0.1) is 0 Å². The molecule has 1 fully saturated rings. The molecule has 4 rings (SSSR count). The summed E-state index contributed by atoms with van der Waals surface area (Å²) < 4.78 is 1.52. The predicted octanol–water partition coefficient (Wildman–Crippen LogP) is 2.85. The third kappa shape index (κ3) is 3.70. The Bertz CT molecular complexity index is 1020. The third-order valence-corrected chi connectivity index (χ3v) is 5.98. The predicted molar refractivity (Wildman–Crippen MR) is 109 cm³/mol. The number of rotatable bonds is 4. The van der Waals surface area contributed by atoms with E-state index in [1.165, 1.54) is 22.2 Å². The number of amides is 1. The van der Waals surface area contributed by atoms with Crippen LogP contribution in [0.3, 0.4) is 0 Å². The van der Waals surface area contributed by atoms with Crippen molar-refractivity contribution in [2.45, 2.75) is 13.0 Å². The number of aryl methyl sites for hydroxylation is 1. The molecule has 0 saturated carbocycles. The molecule has 1 saturated heterocycles. The number of hydrogen-bond donors (Lipinski definition) is 0. The van der Waals surface area contributed by atoms with Gasteiger partial charge in [-0.1, -0.05) is 23.7 Å². The van der Waals surface area contributed by atoms with Gasteiger partial charge in [-0.3, -0.25) is 14.2 Å². The van der Waals surface area contributed by atoms with Gasteiger partial charge in [-0.2, -0.15) is 0 Å². The maximum Gasteiger partial charge on any atom is 0.262 e. The van der Waals surface area contributed by atoms with E-state index in [1.807, 2.05) is 34.5 Å². The topological polar surface area (TPSA) is 58.4 Å². The highest BCUT2D eigenvalue weighted by atomic mass is 35.5. The molecule has 0 unspecified atom stereocenters. The number of carbonyl (C=O) groups excluding carboxylic acids is 1. The molecule has 0 atom stereocenters. The fourth-order valence-corrected chi connectivity index (χ4v) is 4.31. The fourth-order valence-electron chi connectivity index (χ4n) is 3.33. The van der Waals surface area contributed by atoms with Gasteiger partial charge in [-0.25, -0.2) is 4.98 Å². The number of aromatic nitrogens is 2. The van der Waals surface area contributed by atoms with Gasteiger partial charge in [0.05, 0.1) is 22.4 Å². The number of para-hydroxylation sites is 1. The summed E-state index contributed by atoms with van der Waals surface area (Å²) in [5.74, 6) is 0.0612. The van der Waals surface area contributed by atoms with E-state index in [9.17, 15) is 9.59 Å². The average molecular weight is 403 g/mol. The molecule has 0 spiro atoms. The Morgan fingerprint density at radius 2 is 1.93 bits per heavy atom. The van der Waals surface area contributed by atoms with E-state index in [0.29, 0.717) is 31.4 Å². The van der Waals surface area contributed by atoms with Crippen LogP contribution in [0.25, 0.3) is 10.2 Å². The Balaban J connectivity index is 1.35. The minimum Gasteiger partial charge on any atom is -0.367 e. The molecule has 0 radical (unpaired) electrons. The number of carbonyl (C=O) groups is 1. The van der Waals surface area contributed by atoms with Gasteiger partial charge in [0.2, 0.25) is 5.91 Å². The minimum absolute atomic E-state index is 0.0612. The molecular formula is C19H19ClN4O2S. The van der Waals surface area contributed by atoms with Gasteiger partial charge >= 0.3 is 0 Å². The van der Waals surface area contributed by atoms with Crippen LogP contribution in [0.15, 0.2) is 46.8 Å². The molecule has 0 aliphatic carbocycles. The van der Waals surface area contributed by atoms with E-state index in [0.717, 1.165) is 28.6 Å². The fraction of sp³-hybridized carbons (Fsp3) is 0.316. The number of anilines is 1. The van der Waals surface area contributed by atoms with Crippen molar-refractivity contribution in [2.75, 3.05) is 31.1 Å². The lowest BCUT2D eigenvalue weighted by Crippen LogP contribution is -2.49. The van der Waals surface area contributed by atoms with Crippen LogP contribution < -0.4 is 10.5 Å². The molecule has 0 bridgehead atoms. The van der Waals surface area contributed by atoms with Gasteiger partial charge < -0.3 is 9.80 Å². The van der Waals surface area contributed by atoms with Crippen LogP contribution in [0.2, 0.25) is 5.02 Å². The van der Waals surface area contributed by atoms with E-state index in [-0.39, 0.29) is 11.5 Å². The first-order valence-corrected chi connectivity index (χ1v) is 10.1. The van der Waals surface area contributed by atoms with Crippen LogP contribution in [0.1, 0.15) is 6.42 Å². The zero-order chi connectivity index (χ0) is 18.8. The van der Waals surface area contributed by atoms with Gasteiger partial charge in [0.25, 0.3) is 5.56 Å². The minimum atomic E-state index is -0.0856. The molecule has 3 aromatic rings. The highest BCUT2D eigenvalue weighted by Gasteiger charge is 2.22. The second-order valence-corrected chi connectivity index (χ2v) is 7.75. The van der Waals surface area contributed by atoms with E-state index in [4.69, 9.17) is 11.6 Å². The molecule has 2 aromatic heterocycles. The quantitative estimate of drug-likeness (QED) is 0.673. The van der Waals surface area contributed by atoms with Gasteiger partial charge in [0, 0.05) is 39.1 Å². The van der Waals surface area contributed by atoms with Crippen molar-refractivity contribution in [3.8, 4) is 0 Å². The monoisotopic (exact) mass is 402 g/mol. The molecule has 1 aromatic carbocycles. The summed E-state index contributed by atoms with van der Waals surface area (Å²) in [7, 11) is 0. The Hall–Kier alpha value is -2.38. The number of benzene rings is 1. The molecule has 6 nitrogen and oxygen atoms in total. The largest absolute Gasteiger partial charge is 0.367 e. The average Bonchev–Trinajstić information content (AvgIpc) is 3.17. The summed E-state index contributed by atoms with van der Waals surface area (Å²) in [6, 6.07) is 9.54. The van der Waals surface area contributed by atoms with Crippen molar-refractivity contribution in [3.63, 3.8) is 0 Å². The first-order valence-electron chi connectivity index (χ1n) is 8.83. The van der Waals surface area contributed by atoms with Crippen molar-refractivity contribution in [1.82, 2.24) is 14.5 Å². The second-order valence-electron chi connectivity index (χ2n) is 6.45. The highest BCUT2D eigenvalue weighted by Crippen LogP contribution is 2.26. The number of hydrogen-bond acceptors (Lipinski definition) is 5. The number of halogens is 1. The highest BCUT2D eigenvalue weighted by molar-refractivity contribution is 7.16. The van der Waals surface area contributed by atoms with Crippen LogP contribution in [0.5, 0.6) is 0 Å². The van der Waals surface area contributed by atoms with Crippen molar-refractivity contribution >= 4 is 44.7 Å². The zero-order valence-corrected chi connectivity index (χ0v) is 16.2. The van der Waals surface area contributed by atoms with Crippen molar-refractivity contribution in [3.05, 3.63) is 57.4 Å². The van der Waals surface area contributed by atoms with Crippen LogP contribution in [0.4, 0.5) is 5.69 Å². The summed E-state index contributed by atoms with van der Waals surface area (Å²) in [4.78, 5) is 34.0. The second kappa shape index (κ2) is 7.70. The number of thiophene rings is 1.